The molecule has 1 aliphatic rings. The largest absolute Gasteiger partial charge is 0.454 e. The van der Waals surface area contributed by atoms with Crippen molar-refractivity contribution < 1.29 is 19.0 Å². The molecule has 0 bridgehead atoms. The summed E-state index contributed by atoms with van der Waals surface area (Å²) in [6.45, 7) is 11.5. The molecule has 1 aromatic carbocycles. The van der Waals surface area contributed by atoms with E-state index in [1.165, 1.54) is 0 Å². The average molecular weight is 320 g/mol. The molecule has 2 rings (SSSR count). The summed E-state index contributed by atoms with van der Waals surface area (Å²) in [5.74, 6) is 7.09. The van der Waals surface area contributed by atoms with Crippen LogP contribution in [0.4, 0.5) is 0 Å². The number of benzene rings is 1. The number of rotatable bonds is 3. The minimum absolute atomic E-state index is 0.157. The van der Waals surface area contributed by atoms with E-state index in [2.05, 4.69) is 45.7 Å². The lowest BCUT2D eigenvalue weighted by atomic mass is 10.1. The normalized spacial score (nSPS) is 15.2. The monoisotopic (exact) mass is 320 g/mol. The second-order valence-corrected chi connectivity index (χ2v) is 11.7. The minimum Gasteiger partial charge on any atom is -0.454 e. The first-order valence-corrected chi connectivity index (χ1v) is 10.3. The molecule has 1 aromatic rings. The van der Waals surface area contributed by atoms with Crippen LogP contribution in [0.1, 0.15) is 32.4 Å². The van der Waals surface area contributed by atoms with Crippen LogP contribution in [0.5, 0.6) is 11.5 Å². The Kier molecular flexibility index (Phi) is 4.86. The van der Waals surface area contributed by atoms with Crippen molar-refractivity contribution in [3.63, 3.8) is 0 Å². The number of ether oxygens (including phenoxy) is 2. The van der Waals surface area contributed by atoms with Crippen molar-refractivity contribution in [2.45, 2.75) is 45.0 Å². The topological polar surface area (TPSA) is 47.9 Å². The Hall–Kier alpha value is -1.48. The highest BCUT2D eigenvalue weighted by molar-refractivity contribution is 6.74. The van der Waals surface area contributed by atoms with Crippen molar-refractivity contribution in [3.8, 4) is 23.3 Å². The van der Waals surface area contributed by atoms with E-state index >= 15 is 0 Å². The third-order valence-corrected chi connectivity index (χ3v) is 8.74. The maximum absolute atomic E-state index is 10.1. The van der Waals surface area contributed by atoms with Crippen molar-refractivity contribution in [2.24, 2.45) is 0 Å². The molecule has 0 aromatic heterocycles. The van der Waals surface area contributed by atoms with Crippen LogP contribution >= 0.6 is 0 Å². The summed E-state index contributed by atoms with van der Waals surface area (Å²) < 4.78 is 16.5. The van der Waals surface area contributed by atoms with E-state index in [9.17, 15) is 5.11 Å². The van der Waals surface area contributed by atoms with Crippen molar-refractivity contribution in [3.05, 3.63) is 23.8 Å². The fourth-order valence-electron chi connectivity index (χ4n) is 1.74. The predicted molar refractivity (Wildman–Crippen MR) is 88.4 cm³/mol. The molecule has 5 heteroatoms. The van der Waals surface area contributed by atoms with Crippen molar-refractivity contribution >= 4 is 8.32 Å². The van der Waals surface area contributed by atoms with Crippen molar-refractivity contribution in [1.82, 2.24) is 0 Å². The lowest BCUT2D eigenvalue weighted by molar-refractivity contribution is 0.173. The molecule has 0 spiro atoms. The standard InChI is InChI=1S/C17H24O4Si/c1-17(2,3)22(4,5)21-10-6-7-14(18)13-8-9-15-16(11-13)20-12-19-15/h8-9,11,14,18H,10,12H2,1-5H3. The molecule has 1 unspecified atom stereocenters. The summed E-state index contributed by atoms with van der Waals surface area (Å²) in [5.41, 5.74) is 0.698. The Morgan fingerprint density at radius 3 is 2.64 bits per heavy atom. The van der Waals surface area contributed by atoms with Crippen molar-refractivity contribution in [2.75, 3.05) is 13.4 Å². The molecule has 0 fully saturated rings. The molecule has 0 saturated heterocycles. The van der Waals surface area contributed by atoms with Gasteiger partial charge < -0.3 is 19.0 Å². The van der Waals surface area contributed by atoms with E-state index in [1.54, 1.807) is 18.2 Å². The van der Waals surface area contributed by atoms with Gasteiger partial charge in [-0.2, -0.15) is 0 Å². The first kappa shape index (κ1) is 16.9. The molecule has 4 nitrogen and oxygen atoms in total. The van der Waals surface area contributed by atoms with Gasteiger partial charge in [0.05, 0.1) is 6.61 Å². The van der Waals surface area contributed by atoms with Crippen molar-refractivity contribution in [1.29, 1.82) is 0 Å². The Morgan fingerprint density at radius 1 is 1.27 bits per heavy atom. The van der Waals surface area contributed by atoms with Gasteiger partial charge in [0.25, 0.3) is 0 Å². The number of fused-ring (bicyclic) bond motifs is 1. The van der Waals surface area contributed by atoms with Gasteiger partial charge in [-0.05, 0) is 35.8 Å². The van der Waals surface area contributed by atoms with Gasteiger partial charge in [0, 0.05) is 0 Å². The zero-order valence-corrected chi connectivity index (χ0v) is 14.9. The number of hydrogen-bond acceptors (Lipinski definition) is 4. The lowest BCUT2D eigenvalue weighted by Crippen LogP contribution is -2.40. The maximum Gasteiger partial charge on any atom is 0.231 e. The molecule has 120 valence electrons. The summed E-state index contributed by atoms with van der Waals surface area (Å²) in [6, 6.07) is 5.34. The highest BCUT2D eigenvalue weighted by Crippen LogP contribution is 2.36. The first-order chi connectivity index (χ1) is 10.2. The third-order valence-electron chi connectivity index (χ3n) is 4.26. The van der Waals surface area contributed by atoms with Gasteiger partial charge in [0.2, 0.25) is 6.79 Å². The summed E-state index contributed by atoms with van der Waals surface area (Å²) in [7, 11) is -1.79. The Balaban J connectivity index is 1.94. The van der Waals surface area contributed by atoms with E-state index in [4.69, 9.17) is 13.9 Å². The smallest absolute Gasteiger partial charge is 0.231 e. The maximum atomic E-state index is 10.1. The number of aliphatic hydroxyl groups excluding tert-OH is 1. The molecular formula is C17H24O4Si. The van der Waals surface area contributed by atoms with Crippen LogP contribution < -0.4 is 9.47 Å². The molecule has 0 radical (unpaired) electrons. The molecule has 22 heavy (non-hydrogen) atoms. The van der Waals surface area contributed by atoms with Gasteiger partial charge in [0.15, 0.2) is 19.8 Å². The number of hydrogen-bond donors (Lipinski definition) is 1. The SMILES string of the molecule is CC(C)(C)[Si](C)(C)OCC#CC(O)c1ccc2c(c1)OCO2. The first-order valence-electron chi connectivity index (χ1n) is 7.41. The quantitative estimate of drug-likeness (QED) is 0.684. The highest BCUT2D eigenvalue weighted by Gasteiger charge is 2.36. The molecule has 0 aliphatic carbocycles. The summed E-state index contributed by atoms with van der Waals surface area (Å²) in [4.78, 5) is 0. The predicted octanol–water partition coefficient (Wildman–Crippen LogP) is 3.47. The van der Waals surface area contributed by atoms with E-state index in [1.807, 2.05) is 0 Å². The van der Waals surface area contributed by atoms with Gasteiger partial charge in [-0.1, -0.05) is 38.7 Å². The fourth-order valence-corrected chi connectivity index (χ4v) is 2.60. The Morgan fingerprint density at radius 2 is 1.95 bits per heavy atom. The second kappa shape index (κ2) is 6.33. The molecule has 1 heterocycles. The van der Waals surface area contributed by atoms with Crippen LogP contribution in [-0.4, -0.2) is 26.8 Å². The van der Waals surface area contributed by atoms with Gasteiger partial charge in [0.1, 0.15) is 6.10 Å². The second-order valence-electron chi connectivity index (χ2n) is 6.89. The van der Waals surface area contributed by atoms with Gasteiger partial charge >= 0.3 is 0 Å². The lowest BCUT2D eigenvalue weighted by Gasteiger charge is -2.35. The Bertz CT molecular complexity index is 593. The summed E-state index contributed by atoms with van der Waals surface area (Å²) in [6.07, 6.45) is -0.850. The van der Waals surface area contributed by atoms with Gasteiger partial charge in [-0.3, -0.25) is 0 Å². The van der Waals surface area contributed by atoms with Crippen LogP contribution in [0.2, 0.25) is 18.1 Å². The molecule has 0 saturated carbocycles. The minimum atomic E-state index is -1.79. The Labute approximate surface area is 133 Å². The zero-order chi connectivity index (χ0) is 16.4. The van der Waals surface area contributed by atoms with Crippen LogP contribution in [0.15, 0.2) is 18.2 Å². The zero-order valence-electron chi connectivity index (χ0n) is 13.9. The molecule has 1 N–H and O–H groups in total. The fraction of sp³-hybridized carbons (Fsp3) is 0.529. The van der Waals surface area contributed by atoms with E-state index < -0.39 is 14.4 Å². The van der Waals surface area contributed by atoms with Gasteiger partial charge in [-0.15, -0.1) is 0 Å². The van der Waals surface area contributed by atoms with Crippen LogP contribution in [-0.2, 0) is 4.43 Å². The number of aliphatic hydroxyl groups is 1. The van der Waals surface area contributed by atoms with E-state index in [0.717, 1.165) is 0 Å². The van der Waals surface area contributed by atoms with Crippen LogP contribution in [0.3, 0.4) is 0 Å². The molecule has 1 aliphatic heterocycles. The molecular weight excluding hydrogens is 296 g/mol. The summed E-state index contributed by atoms with van der Waals surface area (Å²) >= 11 is 0. The highest BCUT2D eigenvalue weighted by atomic mass is 28.4. The summed E-state index contributed by atoms with van der Waals surface area (Å²) in [5, 5.41) is 10.3. The molecule has 1 atom stereocenters. The van der Waals surface area contributed by atoms with E-state index in [-0.39, 0.29) is 11.8 Å². The molecule has 0 amide bonds. The van der Waals surface area contributed by atoms with Gasteiger partial charge in [-0.25, -0.2) is 0 Å². The third kappa shape index (κ3) is 3.83. The van der Waals surface area contributed by atoms with Crippen LogP contribution in [0.25, 0.3) is 0 Å². The van der Waals surface area contributed by atoms with E-state index in [0.29, 0.717) is 23.7 Å². The van der Waals surface area contributed by atoms with Crippen LogP contribution in [0, 0.1) is 11.8 Å². The average Bonchev–Trinajstić information content (AvgIpc) is 2.89.